The lowest BCUT2D eigenvalue weighted by molar-refractivity contribution is 0.0600. The van der Waals surface area contributed by atoms with E-state index < -0.39 is 33.7 Å². The third-order valence-corrected chi connectivity index (χ3v) is 4.92. The van der Waals surface area contributed by atoms with Crippen molar-refractivity contribution in [3.05, 3.63) is 65.2 Å². The maximum atomic E-state index is 13.3. The van der Waals surface area contributed by atoms with Crippen molar-refractivity contribution in [2.45, 2.75) is 17.9 Å². The van der Waals surface area contributed by atoms with Crippen LogP contribution in [0.1, 0.15) is 28.9 Å². The highest BCUT2D eigenvalue weighted by atomic mass is 32.2. The predicted octanol–water partition coefficient (Wildman–Crippen LogP) is 2.79. The highest BCUT2D eigenvalue weighted by molar-refractivity contribution is 7.89. The molecule has 2 rings (SSSR count). The van der Waals surface area contributed by atoms with Gasteiger partial charge in [0, 0.05) is 6.04 Å². The molecule has 1 N–H and O–H groups in total. The van der Waals surface area contributed by atoms with Crippen molar-refractivity contribution in [2.75, 3.05) is 7.11 Å². The third kappa shape index (κ3) is 3.95. The number of sulfonamides is 1. The number of rotatable bonds is 5. The van der Waals surface area contributed by atoms with E-state index in [4.69, 9.17) is 0 Å². The number of halogens is 2. The van der Waals surface area contributed by atoms with Gasteiger partial charge >= 0.3 is 5.97 Å². The summed E-state index contributed by atoms with van der Waals surface area (Å²) >= 11 is 0. The van der Waals surface area contributed by atoms with Crippen molar-refractivity contribution in [3.8, 4) is 0 Å². The highest BCUT2D eigenvalue weighted by Crippen LogP contribution is 2.19. The fraction of sp³-hybridized carbons (Fsp3) is 0.188. The van der Waals surface area contributed by atoms with E-state index in [1.165, 1.54) is 44.4 Å². The Morgan fingerprint density at radius 1 is 1.08 bits per heavy atom. The normalized spacial score (nSPS) is 12.7. The van der Waals surface area contributed by atoms with Crippen LogP contribution in [-0.2, 0) is 14.8 Å². The Morgan fingerprint density at radius 3 is 2.25 bits per heavy atom. The first kappa shape index (κ1) is 18.0. The van der Waals surface area contributed by atoms with Crippen LogP contribution in [0.2, 0.25) is 0 Å². The molecule has 1 atom stereocenters. The van der Waals surface area contributed by atoms with Gasteiger partial charge in [-0.3, -0.25) is 0 Å². The topological polar surface area (TPSA) is 72.5 Å². The molecule has 0 aliphatic heterocycles. The first-order chi connectivity index (χ1) is 11.2. The minimum Gasteiger partial charge on any atom is -0.465 e. The van der Waals surface area contributed by atoms with Gasteiger partial charge in [0.15, 0.2) is 11.6 Å². The van der Waals surface area contributed by atoms with Gasteiger partial charge in [-0.2, -0.15) is 0 Å². The average Bonchev–Trinajstić information content (AvgIpc) is 2.56. The van der Waals surface area contributed by atoms with Crippen molar-refractivity contribution < 1.29 is 26.7 Å². The summed E-state index contributed by atoms with van der Waals surface area (Å²) < 4.78 is 57.7. The van der Waals surface area contributed by atoms with E-state index in [0.29, 0.717) is 0 Å². The maximum Gasteiger partial charge on any atom is 0.337 e. The molecule has 0 aliphatic rings. The second-order valence-electron chi connectivity index (χ2n) is 5.03. The number of methoxy groups -OCH3 is 1. The average molecular weight is 355 g/mol. The summed E-state index contributed by atoms with van der Waals surface area (Å²) in [6.45, 7) is 1.51. The van der Waals surface area contributed by atoms with Gasteiger partial charge in [-0.15, -0.1) is 0 Å². The molecule has 2 aromatic carbocycles. The molecule has 0 radical (unpaired) electrons. The van der Waals surface area contributed by atoms with Gasteiger partial charge in [0.2, 0.25) is 10.0 Å². The summed E-state index contributed by atoms with van der Waals surface area (Å²) in [5, 5.41) is 0. The van der Waals surface area contributed by atoms with Gasteiger partial charge < -0.3 is 4.74 Å². The van der Waals surface area contributed by atoms with Crippen LogP contribution in [0, 0.1) is 11.6 Å². The molecular weight excluding hydrogens is 340 g/mol. The van der Waals surface area contributed by atoms with Gasteiger partial charge in [-0.25, -0.2) is 26.7 Å². The fourth-order valence-electron chi connectivity index (χ4n) is 2.04. The Balaban J connectivity index is 2.20. The molecule has 0 aliphatic carbocycles. The zero-order valence-electron chi connectivity index (χ0n) is 12.9. The number of carbonyl (C=O) groups excluding carboxylic acids is 1. The van der Waals surface area contributed by atoms with Crippen molar-refractivity contribution in [3.63, 3.8) is 0 Å². The van der Waals surface area contributed by atoms with Gasteiger partial charge in [0.25, 0.3) is 0 Å². The summed E-state index contributed by atoms with van der Waals surface area (Å²) in [4.78, 5) is 11.3. The molecule has 0 spiro atoms. The van der Waals surface area contributed by atoms with Gasteiger partial charge in [0.05, 0.1) is 17.6 Å². The summed E-state index contributed by atoms with van der Waals surface area (Å²) in [7, 11) is -2.68. The molecule has 0 heterocycles. The van der Waals surface area contributed by atoms with Gasteiger partial charge in [0.1, 0.15) is 0 Å². The summed E-state index contributed by atoms with van der Waals surface area (Å²) in [6.07, 6.45) is 0. The molecule has 0 saturated heterocycles. The second-order valence-corrected chi connectivity index (χ2v) is 6.75. The van der Waals surface area contributed by atoms with Crippen LogP contribution in [0.15, 0.2) is 47.4 Å². The largest absolute Gasteiger partial charge is 0.465 e. The Morgan fingerprint density at radius 2 is 1.71 bits per heavy atom. The number of hydrogen-bond acceptors (Lipinski definition) is 4. The zero-order chi connectivity index (χ0) is 17.9. The van der Waals surface area contributed by atoms with Crippen LogP contribution < -0.4 is 4.72 Å². The second kappa shape index (κ2) is 7.06. The number of nitrogens with one attached hydrogen (secondary N) is 1. The van der Waals surface area contributed by atoms with E-state index in [2.05, 4.69) is 9.46 Å². The fourth-order valence-corrected chi connectivity index (χ4v) is 3.27. The highest BCUT2D eigenvalue weighted by Gasteiger charge is 2.20. The molecule has 0 saturated carbocycles. The lowest BCUT2D eigenvalue weighted by Crippen LogP contribution is -2.27. The van der Waals surface area contributed by atoms with Crippen LogP contribution in [0.3, 0.4) is 0 Å². The predicted molar refractivity (Wildman–Crippen MR) is 82.9 cm³/mol. The Bertz CT molecular complexity index is 851. The van der Waals surface area contributed by atoms with Gasteiger partial charge in [-0.1, -0.05) is 6.07 Å². The number of benzene rings is 2. The first-order valence-corrected chi connectivity index (χ1v) is 8.38. The lowest BCUT2D eigenvalue weighted by atomic mass is 10.1. The van der Waals surface area contributed by atoms with Crippen LogP contribution >= 0.6 is 0 Å². The summed E-state index contributed by atoms with van der Waals surface area (Å²) in [5.41, 5.74) is 0.494. The third-order valence-electron chi connectivity index (χ3n) is 3.36. The van der Waals surface area contributed by atoms with Crippen LogP contribution in [0.4, 0.5) is 8.78 Å². The number of ether oxygens (including phenoxy) is 1. The smallest absolute Gasteiger partial charge is 0.337 e. The van der Waals surface area contributed by atoms with E-state index >= 15 is 0 Å². The minimum atomic E-state index is -3.90. The SMILES string of the molecule is COC(=O)c1ccc(S(=O)(=O)NC(C)c2ccc(F)c(F)c2)cc1. The molecule has 0 aromatic heterocycles. The zero-order valence-corrected chi connectivity index (χ0v) is 13.7. The quantitative estimate of drug-likeness (QED) is 0.837. The molecule has 1 unspecified atom stereocenters. The monoisotopic (exact) mass is 355 g/mol. The summed E-state index contributed by atoms with van der Waals surface area (Å²) in [5.74, 6) is -2.64. The Kier molecular flexibility index (Phi) is 5.30. The van der Waals surface area contributed by atoms with Gasteiger partial charge in [-0.05, 0) is 48.9 Å². The van der Waals surface area contributed by atoms with Crippen molar-refractivity contribution in [1.29, 1.82) is 0 Å². The van der Waals surface area contributed by atoms with Crippen molar-refractivity contribution in [2.24, 2.45) is 0 Å². The van der Waals surface area contributed by atoms with E-state index in [0.717, 1.165) is 12.1 Å². The number of carbonyl (C=O) groups is 1. The molecule has 5 nitrogen and oxygen atoms in total. The standard InChI is InChI=1S/C16H15F2NO4S/c1-10(12-5-8-14(17)15(18)9-12)19-24(21,22)13-6-3-11(4-7-13)16(20)23-2/h3-10,19H,1-2H3. The van der Waals surface area contributed by atoms with E-state index in [1.807, 2.05) is 0 Å². The maximum absolute atomic E-state index is 13.3. The molecule has 2 aromatic rings. The van der Waals surface area contributed by atoms with E-state index in [-0.39, 0.29) is 16.0 Å². The molecule has 0 fully saturated rings. The number of esters is 1. The molecule has 8 heteroatoms. The molecule has 24 heavy (non-hydrogen) atoms. The van der Waals surface area contributed by atoms with Crippen LogP contribution in [-0.4, -0.2) is 21.5 Å². The molecule has 128 valence electrons. The Hall–Kier alpha value is -2.32. The molecular formula is C16H15F2NO4S. The first-order valence-electron chi connectivity index (χ1n) is 6.90. The van der Waals surface area contributed by atoms with E-state index in [9.17, 15) is 22.0 Å². The Labute approximate surface area is 138 Å². The van der Waals surface area contributed by atoms with Crippen LogP contribution in [0.5, 0.6) is 0 Å². The lowest BCUT2D eigenvalue weighted by Gasteiger charge is -2.15. The van der Waals surface area contributed by atoms with Crippen molar-refractivity contribution in [1.82, 2.24) is 4.72 Å². The molecule has 0 amide bonds. The number of hydrogen-bond donors (Lipinski definition) is 1. The summed E-state index contributed by atoms with van der Waals surface area (Å²) in [6, 6.07) is 7.55. The van der Waals surface area contributed by atoms with Crippen molar-refractivity contribution >= 4 is 16.0 Å². The van der Waals surface area contributed by atoms with Crippen LogP contribution in [0.25, 0.3) is 0 Å². The van der Waals surface area contributed by atoms with E-state index in [1.54, 1.807) is 0 Å². The minimum absolute atomic E-state index is 0.0652. The molecule has 0 bridgehead atoms.